The van der Waals surface area contributed by atoms with Crippen molar-refractivity contribution in [2.24, 2.45) is 0 Å². The Morgan fingerprint density at radius 2 is 1.50 bits per heavy atom. The van der Waals surface area contributed by atoms with Crippen LogP contribution in [0.4, 0.5) is 27.6 Å². The normalized spacial score (nSPS) is 18.8. The van der Waals surface area contributed by atoms with E-state index in [2.05, 4.69) is 4.90 Å². The minimum absolute atomic E-state index is 0.0694. The SMILES string of the molecule is O=C(CN1CCN(CCc2ccccc2C(F)(F)F)CC1)N1CCCC(c2ccc(F)cc2)c2ccc(F)cc21. The molecular formula is C31H32F5N3O. The zero-order valence-electron chi connectivity index (χ0n) is 22.1. The number of hydrogen-bond donors (Lipinski definition) is 0. The van der Waals surface area contributed by atoms with Crippen molar-refractivity contribution in [1.29, 1.82) is 0 Å². The van der Waals surface area contributed by atoms with Crippen molar-refractivity contribution in [2.75, 3.05) is 50.7 Å². The number of carbonyl (C=O) groups is 1. The standard InChI is InChI=1S/C31H32F5N3O/c32-24-9-7-22(8-10-24)26-5-3-14-39(29-20-25(33)11-12-27(26)29)30(40)21-38-18-16-37(17-19-38)15-13-23-4-1-2-6-28(23)31(34,35)36/h1-2,4,6-12,20,26H,3,5,13-19,21H2. The smallest absolute Gasteiger partial charge is 0.311 e. The van der Waals surface area contributed by atoms with Crippen LogP contribution in [0.15, 0.2) is 66.7 Å². The fraction of sp³-hybridized carbons (Fsp3) is 0.387. The lowest BCUT2D eigenvalue weighted by atomic mass is 9.87. The van der Waals surface area contributed by atoms with Crippen LogP contribution in [0, 0.1) is 11.6 Å². The molecule has 0 aliphatic carbocycles. The Hall–Kier alpha value is -3.30. The van der Waals surface area contributed by atoms with E-state index in [1.165, 1.54) is 36.4 Å². The summed E-state index contributed by atoms with van der Waals surface area (Å²) in [6.45, 7) is 3.70. The van der Waals surface area contributed by atoms with Gasteiger partial charge in [0.15, 0.2) is 0 Å². The quantitative estimate of drug-likeness (QED) is 0.343. The number of benzene rings is 3. The fourth-order valence-electron chi connectivity index (χ4n) is 5.82. The van der Waals surface area contributed by atoms with Gasteiger partial charge in [-0.2, -0.15) is 13.2 Å². The van der Waals surface area contributed by atoms with Crippen LogP contribution in [0.5, 0.6) is 0 Å². The molecule has 1 unspecified atom stereocenters. The van der Waals surface area contributed by atoms with Gasteiger partial charge in [-0.3, -0.25) is 9.69 Å². The molecule has 0 N–H and O–H groups in total. The molecule has 40 heavy (non-hydrogen) atoms. The molecule has 1 saturated heterocycles. The summed E-state index contributed by atoms with van der Waals surface area (Å²) in [5, 5.41) is 0. The van der Waals surface area contributed by atoms with Crippen LogP contribution in [0.25, 0.3) is 0 Å². The van der Waals surface area contributed by atoms with E-state index in [-0.39, 0.29) is 24.2 Å². The molecule has 2 heterocycles. The zero-order chi connectivity index (χ0) is 28.3. The fourth-order valence-corrected chi connectivity index (χ4v) is 5.82. The topological polar surface area (TPSA) is 26.8 Å². The van der Waals surface area contributed by atoms with Gasteiger partial charge in [0.25, 0.3) is 0 Å². The van der Waals surface area contributed by atoms with Gasteiger partial charge in [0, 0.05) is 45.2 Å². The summed E-state index contributed by atoms with van der Waals surface area (Å²) >= 11 is 0. The number of piperazine rings is 1. The Bertz CT molecular complexity index is 1320. The summed E-state index contributed by atoms with van der Waals surface area (Å²) in [6.07, 6.45) is -2.59. The Balaban J connectivity index is 1.21. The van der Waals surface area contributed by atoms with E-state index in [1.807, 2.05) is 4.90 Å². The highest BCUT2D eigenvalue weighted by Crippen LogP contribution is 2.39. The molecule has 9 heteroatoms. The Labute approximate surface area is 231 Å². The molecule has 0 spiro atoms. The highest BCUT2D eigenvalue weighted by atomic mass is 19.4. The second kappa shape index (κ2) is 12.1. The highest BCUT2D eigenvalue weighted by Gasteiger charge is 2.33. The molecular weight excluding hydrogens is 525 g/mol. The van der Waals surface area contributed by atoms with Crippen molar-refractivity contribution in [1.82, 2.24) is 9.80 Å². The first-order valence-electron chi connectivity index (χ1n) is 13.6. The average Bonchev–Trinajstić information content (AvgIpc) is 3.12. The first-order chi connectivity index (χ1) is 19.2. The van der Waals surface area contributed by atoms with E-state index in [0.717, 1.165) is 30.0 Å². The van der Waals surface area contributed by atoms with Crippen molar-refractivity contribution < 1.29 is 26.7 Å². The summed E-state index contributed by atoms with van der Waals surface area (Å²) < 4.78 is 67.8. The molecule has 0 radical (unpaired) electrons. The van der Waals surface area contributed by atoms with Crippen molar-refractivity contribution in [3.63, 3.8) is 0 Å². The number of rotatable bonds is 6. The lowest BCUT2D eigenvalue weighted by Crippen LogP contribution is -2.50. The van der Waals surface area contributed by atoms with Gasteiger partial charge >= 0.3 is 6.18 Å². The third-order valence-electron chi connectivity index (χ3n) is 7.95. The number of nitrogens with zero attached hydrogens (tertiary/aromatic N) is 3. The molecule has 3 aromatic rings. The van der Waals surface area contributed by atoms with Crippen LogP contribution < -0.4 is 4.90 Å². The number of carbonyl (C=O) groups excluding carboxylic acids is 1. The van der Waals surface area contributed by atoms with Crippen LogP contribution in [-0.4, -0.2) is 61.5 Å². The molecule has 1 amide bonds. The summed E-state index contributed by atoms with van der Waals surface area (Å²) in [6, 6.07) is 16.5. The molecule has 4 nitrogen and oxygen atoms in total. The van der Waals surface area contributed by atoms with Crippen LogP contribution in [-0.2, 0) is 17.4 Å². The van der Waals surface area contributed by atoms with Gasteiger partial charge in [-0.05, 0) is 66.3 Å². The highest BCUT2D eigenvalue weighted by molar-refractivity contribution is 5.96. The van der Waals surface area contributed by atoms with Crippen molar-refractivity contribution in [3.05, 3.63) is 101 Å². The van der Waals surface area contributed by atoms with E-state index in [0.29, 0.717) is 56.9 Å². The maximum Gasteiger partial charge on any atom is 0.416 e. The van der Waals surface area contributed by atoms with E-state index in [4.69, 9.17) is 0 Å². The Kier molecular flexibility index (Phi) is 8.51. The summed E-state index contributed by atoms with van der Waals surface area (Å²) in [7, 11) is 0. The van der Waals surface area contributed by atoms with E-state index in [9.17, 15) is 26.7 Å². The number of alkyl halides is 3. The Morgan fingerprint density at radius 1 is 0.825 bits per heavy atom. The van der Waals surface area contributed by atoms with Crippen molar-refractivity contribution in [2.45, 2.75) is 31.4 Å². The van der Waals surface area contributed by atoms with Crippen LogP contribution in [0.2, 0.25) is 0 Å². The second-order valence-corrected chi connectivity index (χ2v) is 10.5. The monoisotopic (exact) mass is 557 g/mol. The van der Waals surface area contributed by atoms with E-state index in [1.54, 1.807) is 29.2 Å². The average molecular weight is 558 g/mol. The van der Waals surface area contributed by atoms with E-state index < -0.39 is 17.6 Å². The maximum atomic E-state index is 14.4. The van der Waals surface area contributed by atoms with Gasteiger partial charge in [0.2, 0.25) is 5.91 Å². The first kappa shape index (κ1) is 28.2. The van der Waals surface area contributed by atoms with Gasteiger partial charge in [-0.1, -0.05) is 36.4 Å². The third kappa shape index (κ3) is 6.53. The van der Waals surface area contributed by atoms with Gasteiger partial charge in [-0.25, -0.2) is 8.78 Å². The largest absolute Gasteiger partial charge is 0.416 e. The van der Waals surface area contributed by atoms with Gasteiger partial charge < -0.3 is 9.80 Å². The molecule has 1 atom stereocenters. The first-order valence-corrected chi connectivity index (χ1v) is 13.6. The van der Waals surface area contributed by atoms with Gasteiger partial charge in [0.05, 0.1) is 17.8 Å². The molecule has 0 saturated carbocycles. The predicted octanol–water partition coefficient (Wildman–Crippen LogP) is 6.10. The molecule has 5 rings (SSSR count). The molecule has 1 fully saturated rings. The molecule has 2 aliphatic heterocycles. The van der Waals surface area contributed by atoms with Gasteiger partial charge in [-0.15, -0.1) is 0 Å². The number of anilines is 1. The maximum absolute atomic E-state index is 14.4. The van der Waals surface area contributed by atoms with E-state index >= 15 is 0 Å². The molecule has 3 aromatic carbocycles. The minimum atomic E-state index is -4.37. The van der Waals surface area contributed by atoms with Crippen molar-refractivity contribution in [3.8, 4) is 0 Å². The zero-order valence-corrected chi connectivity index (χ0v) is 22.1. The van der Waals surface area contributed by atoms with Gasteiger partial charge in [0.1, 0.15) is 11.6 Å². The van der Waals surface area contributed by atoms with Crippen molar-refractivity contribution >= 4 is 11.6 Å². The number of halogens is 5. The second-order valence-electron chi connectivity index (χ2n) is 10.5. The molecule has 212 valence electrons. The summed E-state index contributed by atoms with van der Waals surface area (Å²) in [5.41, 5.74) is 2.04. The summed E-state index contributed by atoms with van der Waals surface area (Å²) in [5.74, 6) is -0.920. The minimum Gasteiger partial charge on any atom is -0.311 e. The number of amides is 1. The van der Waals surface area contributed by atoms with Crippen LogP contribution >= 0.6 is 0 Å². The lowest BCUT2D eigenvalue weighted by molar-refractivity contribution is -0.138. The van der Waals surface area contributed by atoms with Crippen LogP contribution in [0.3, 0.4) is 0 Å². The molecule has 0 aromatic heterocycles. The number of hydrogen-bond acceptors (Lipinski definition) is 3. The van der Waals surface area contributed by atoms with Crippen LogP contribution in [0.1, 0.15) is 41.0 Å². The predicted molar refractivity (Wildman–Crippen MR) is 144 cm³/mol. The molecule has 0 bridgehead atoms. The Morgan fingerprint density at radius 3 is 2.23 bits per heavy atom. The number of fused-ring (bicyclic) bond motifs is 1. The summed E-state index contributed by atoms with van der Waals surface area (Å²) in [4.78, 5) is 19.3. The third-order valence-corrected chi connectivity index (χ3v) is 7.95. The lowest BCUT2D eigenvalue weighted by Gasteiger charge is -2.35. The molecule has 2 aliphatic rings.